The first-order valence-corrected chi connectivity index (χ1v) is 23.4. The molecule has 14 nitrogen and oxygen atoms in total. The lowest BCUT2D eigenvalue weighted by atomic mass is 9.49. The van der Waals surface area contributed by atoms with Crippen molar-refractivity contribution in [2.75, 3.05) is 26.4 Å². The van der Waals surface area contributed by atoms with Gasteiger partial charge in [-0.05, 0) is 72.7 Å². The van der Waals surface area contributed by atoms with Crippen LogP contribution >= 0.6 is 22.9 Å². The van der Waals surface area contributed by atoms with Gasteiger partial charge in [0.05, 0.1) is 39.4 Å². The minimum Gasteiger partial charge on any atom is -0.494 e. The summed E-state index contributed by atoms with van der Waals surface area (Å²) in [5.74, 6) is 0.322. The summed E-state index contributed by atoms with van der Waals surface area (Å²) in [6, 6.07) is 21.4. The number of thiazole rings is 1. The first kappa shape index (κ1) is 51.5. The third-order valence-electron chi connectivity index (χ3n) is 11.8. The van der Waals surface area contributed by atoms with Gasteiger partial charge in [-0.25, -0.2) is 4.98 Å². The van der Waals surface area contributed by atoms with Gasteiger partial charge < -0.3 is 40.6 Å². The Labute approximate surface area is 397 Å². The van der Waals surface area contributed by atoms with Gasteiger partial charge in [-0.15, -0.1) is 11.3 Å². The van der Waals surface area contributed by atoms with Crippen molar-refractivity contribution in [1.82, 2.24) is 20.5 Å². The lowest BCUT2D eigenvalue weighted by molar-refractivity contribution is -0.164. The number of hydrogen-bond donors (Lipinski definition) is 4. The first-order chi connectivity index (χ1) is 31.1. The number of rotatable bonds is 17. The molecule has 16 heteroatoms. The zero-order chi connectivity index (χ0) is 48.4. The molecule has 5 N–H and O–H groups in total. The van der Waals surface area contributed by atoms with Crippen LogP contribution < -0.4 is 25.8 Å². The predicted octanol–water partition coefficient (Wildman–Crippen LogP) is 7.62. The van der Waals surface area contributed by atoms with E-state index in [1.807, 2.05) is 63.5 Å². The van der Waals surface area contributed by atoms with Gasteiger partial charge in [-0.2, -0.15) is 5.26 Å². The van der Waals surface area contributed by atoms with E-state index in [1.165, 1.54) is 4.90 Å². The summed E-state index contributed by atoms with van der Waals surface area (Å²) in [6.07, 6.45) is 1.32. The van der Waals surface area contributed by atoms with Crippen LogP contribution in [0.2, 0.25) is 5.02 Å². The van der Waals surface area contributed by atoms with Crippen LogP contribution in [0.3, 0.4) is 0 Å². The van der Waals surface area contributed by atoms with Crippen LogP contribution in [0.25, 0.3) is 10.4 Å². The van der Waals surface area contributed by atoms with Gasteiger partial charge in [0.2, 0.25) is 17.7 Å². The molecule has 6 rings (SSSR count). The van der Waals surface area contributed by atoms with Crippen LogP contribution in [0.4, 0.5) is 0 Å². The van der Waals surface area contributed by atoms with Crippen LogP contribution in [-0.4, -0.2) is 89.3 Å². The number of β-amino-alcohol motifs (C(OH)–C–C–N with tert-alkyl or cyclic N) is 1. The molecule has 2 atom stereocenters. The molecule has 1 aliphatic carbocycles. The van der Waals surface area contributed by atoms with E-state index in [1.54, 1.807) is 53.8 Å². The molecule has 1 unspecified atom stereocenters. The van der Waals surface area contributed by atoms with E-state index in [0.29, 0.717) is 53.8 Å². The molecule has 4 aromatic rings. The Morgan fingerprint density at radius 3 is 2.23 bits per heavy atom. The maximum atomic E-state index is 13.0. The average molecular weight is 944 g/mol. The Bertz CT molecular complexity index is 2340. The van der Waals surface area contributed by atoms with Crippen LogP contribution in [0.5, 0.6) is 11.5 Å². The predicted molar refractivity (Wildman–Crippen MR) is 255 cm³/mol. The Morgan fingerprint density at radius 2 is 1.64 bits per heavy atom. The van der Waals surface area contributed by atoms with Gasteiger partial charge in [-0.1, -0.05) is 84.3 Å². The van der Waals surface area contributed by atoms with Crippen molar-refractivity contribution >= 4 is 46.6 Å². The fourth-order valence-corrected chi connectivity index (χ4v) is 9.76. The summed E-state index contributed by atoms with van der Waals surface area (Å²) in [5, 5.41) is 25.6. The number of aliphatic hydroxyl groups excluding tert-OH is 1. The maximum absolute atomic E-state index is 13.0. The number of primary amides is 1. The highest BCUT2D eigenvalue weighted by atomic mass is 35.5. The summed E-state index contributed by atoms with van der Waals surface area (Å²) in [6.45, 7) is 17.7. The molecule has 0 spiro atoms. The SMILES string of the molecule is CC1(C)C(NC(=O)c2ccc(OCCCCOCC(N)=O)cc2)C(C)(C)C1Oc1ccc(C#N)c(Cl)c1.Cc1ncsc1-c1ccc(CNC(=O)C2C[C@H](O)CN2C(=O)CC(C)(C)C)cc1. The van der Waals surface area contributed by atoms with E-state index < -0.39 is 18.1 Å². The molecule has 2 heterocycles. The van der Waals surface area contributed by atoms with Crippen LogP contribution in [0.1, 0.15) is 101 Å². The van der Waals surface area contributed by atoms with E-state index in [2.05, 4.69) is 43.3 Å². The van der Waals surface area contributed by atoms with Crippen molar-refractivity contribution in [3.63, 3.8) is 0 Å². The lowest BCUT2D eigenvalue weighted by Gasteiger charge is -2.63. The average Bonchev–Trinajstić information content (AvgIpc) is 3.88. The van der Waals surface area contributed by atoms with Crippen LogP contribution in [-0.2, 0) is 25.7 Å². The number of nitrogens with one attached hydrogen (secondary N) is 2. The Morgan fingerprint density at radius 1 is 0.985 bits per heavy atom. The highest BCUT2D eigenvalue weighted by molar-refractivity contribution is 7.13. The molecule has 1 aliphatic heterocycles. The third-order valence-corrected chi connectivity index (χ3v) is 13.0. The number of unbranched alkanes of at least 4 members (excludes halogenated alkanes) is 1. The second-order valence-electron chi connectivity index (χ2n) is 19.3. The molecule has 0 radical (unpaired) electrons. The molecule has 1 saturated carbocycles. The standard InChI is InChI=1S/C28H34ClN3O5.C22H29N3O3S/c1-27(2)25(28(3,4)26(27)37-21-12-9-19(16-30)22(29)15-21)32-24(34)18-7-10-20(11-8-18)36-14-6-5-13-35-17-23(31)33;1-14-20(29-13-24-14)16-7-5-15(6-8-16)11-23-21(28)18-9-17(26)12-25(18)19(27)10-22(2,3)4/h7-12,15,25-26H,5-6,13-14,17H2,1-4H3,(H2,31,33)(H,32,34);5-8,13,17-18,26H,9-12H2,1-4H3,(H,23,28)/t;17-,18?/m.0/s1. The molecule has 1 saturated heterocycles. The Balaban J connectivity index is 0.000000255. The first-order valence-electron chi connectivity index (χ1n) is 22.1. The van der Waals surface area contributed by atoms with Gasteiger partial charge in [0.15, 0.2) is 0 Å². The van der Waals surface area contributed by atoms with Crippen molar-refractivity contribution in [3.8, 4) is 28.0 Å². The smallest absolute Gasteiger partial charge is 0.251 e. The molecule has 0 bridgehead atoms. The number of likely N-dealkylation sites (tertiary alicyclic amines) is 1. The molecule has 66 heavy (non-hydrogen) atoms. The van der Waals surface area contributed by atoms with Crippen molar-refractivity contribution in [2.45, 2.75) is 112 Å². The van der Waals surface area contributed by atoms with E-state index >= 15 is 0 Å². The second-order valence-corrected chi connectivity index (χ2v) is 20.5. The highest BCUT2D eigenvalue weighted by Crippen LogP contribution is 2.55. The zero-order valence-corrected chi connectivity index (χ0v) is 40.7. The van der Waals surface area contributed by atoms with Crippen molar-refractivity contribution in [3.05, 3.63) is 99.6 Å². The normalized spacial score (nSPS) is 19.3. The minimum absolute atomic E-state index is 0.0702. The lowest BCUT2D eigenvalue weighted by Crippen LogP contribution is -2.74. The number of amides is 4. The second kappa shape index (κ2) is 22.3. The molecular formula is C50H63ClN6O8S. The Hall–Kier alpha value is -5.53. The number of carbonyl (C=O) groups is 4. The molecule has 2 fully saturated rings. The molecule has 354 valence electrons. The van der Waals surface area contributed by atoms with Crippen LogP contribution in [0, 0.1) is 34.5 Å². The van der Waals surface area contributed by atoms with Crippen LogP contribution in [0.15, 0.2) is 72.2 Å². The van der Waals surface area contributed by atoms with Crippen molar-refractivity contribution in [2.24, 2.45) is 22.0 Å². The molecule has 4 amide bonds. The number of nitrogens with zero attached hydrogens (tertiary/aromatic N) is 3. The van der Waals surface area contributed by atoms with E-state index in [9.17, 15) is 24.3 Å². The van der Waals surface area contributed by atoms with Crippen molar-refractivity contribution in [1.29, 1.82) is 5.26 Å². The van der Waals surface area contributed by atoms with Gasteiger partial charge in [0.1, 0.15) is 36.3 Å². The number of aromatic nitrogens is 1. The fraction of sp³-hybridized carbons (Fsp3) is 0.480. The van der Waals surface area contributed by atoms with E-state index in [-0.39, 0.29) is 65.7 Å². The summed E-state index contributed by atoms with van der Waals surface area (Å²) in [7, 11) is 0. The largest absolute Gasteiger partial charge is 0.494 e. The summed E-state index contributed by atoms with van der Waals surface area (Å²) in [5.41, 5.74) is 10.0. The molecule has 3 aromatic carbocycles. The number of halogens is 1. The van der Waals surface area contributed by atoms with Crippen molar-refractivity contribution < 1.29 is 38.5 Å². The fourth-order valence-electron chi connectivity index (χ4n) is 8.73. The minimum atomic E-state index is -0.656. The zero-order valence-electron chi connectivity index (χ0n) is 39.1. The molecule has 2 aliphatic rings. The van der Waals surface area contributed by atoms with E-state index in [4.69, 9.17) is 36.8 Å². The van der Waals surface area contributed by atoms with Gasteiger partial charge >= 0.3 is 0 Å². The van der Waals surface area contributed by atoms with Gasteiger partial charge in [0, 0.05) is 61.0 Å². The van der Waals surface area contributed by atoms with Gasteiger partial charge in [0.25, 0.3) is 5.91 Å². The number of benzene rings is 3. The van der Waals surface area contributed by atoms with Gasteiger partial charge in [-0.3, -0.25) is 19.2 Å². The number of aryl methyl sites for hydroxylation is 1. The Kier molecular flexibility index (Phi) is 17.4. The summed E-state index contributed by atoms with van der Waals surface area (Å²) < 4.78 is 17.1. The third kappa shape index (κ3) is 13.5. The summed E-state index contributed by atoms with van der Waals surface area (Å²) in [4.78, 5) is 55.9. The maximum Gasteiger partial charge on any atom is 0.251 e. The quantitative estimate of drug-likeness (QED) is 0.0762. The molecule has 1 aromatic heterocycles. The monoisotopic (exact) mass is 942 g/mol. The number of hydrogen-bond acceptors (Lipinski definition) is 11. The number of nitriles is 1. The number of aliphatic hydroxyl groups is 1. The summed E-state index contributed by atoms with van der Waals surface area (Å²) >= 11 is 7.78. The number of carbonyl (C=O) groups excluding carboxylic acids is 4. The number of ether oxygens (including phenoxy) is 3. The molecular weight excluding hydrogens is 880 g/mol. The highest BCUT2D eigenvalue weighted by Gasteiger charge is 2.64. The topological polar surface area (TPSA) is 206 Å². The van der Waals surface area contributed by atoms with E-state index in [0.717, 1.165) is 34.5 Å². The number of nitrogens with two attached hydrogens (primary N) is 1.